The standard InChI is InChI=1S/C14H20N2O4/c1-12-3-4-14(13(11-12)16(17)18)20-8-2-5-15-6-9-19-10-7-15/h3-4,11H,2,5-10H2,1H3/p+1. The molecule has 0 atom stereocenters. The van der Waals surface area contributed by atoms with Crippen molar-refractivity contribution < 1.29 is 19.3 Å². The number of ether oxygens (including phenoxy) is 2. The zero-order chi connectivity index (χ0) is 14.4. The maximum absolute atomic E-state index is 11.0. The van der Waals surface area contributed by atoms with Crippen LogP contribution in [0.2, 0.25) is 0 Å². The molecule has 0 amide bonds. The third-order valence-corrected chi connectivity index (χ3v) is 3.44. The van der Waals surface area contributed by atoms with Crippen LogP contribution in [0, 0.1) is 17.0 Å². The van der Waals surface area contributed by atoms with Crippen LogP contribution in [-0.4, -0.2) is 44.4 Å². The number of nitro benzene ring substituents is 1. The number of benzene rings is 1. The molecule has 2 rings (SSSR count). The monoisotopic (exact) mass is 281 g/mol. The second-order valence-corrected chi connectivity index (χ2v) is 5.04. The molecule has 1 saturated heterocycles. The summed E-state index contributed by atoms with van der Waals surface area (Å²) in [5, 5.41) is 11.0. The lowest BCUT2D eigenvalue weighted by molar-refractivity contribution is -0.908. The molecule has 110 valence electrons. The van der Waals surface area contributed by atoms with Crippen molar-refractivity contribution in [3.63, 3.8) is 0 Å². The van der Waals surface area contributed by atoms with E-state index in [1.54, 1.807) is 12.1 Å². The predicted molar refractivity (Wildman–Crippen MR) is 74.3 cm³/mol. The minimum atomic E-state index is -0.393. The van der Waals surface area contributed by atoms with E-state index < -0.39 is 4.92 Å². The number of aryl methyl sites for hydroxylation is 1. The van der Waals surface area contributed by atoms with Gasteiger partial charge in [-0.15, -0.1) is 0 Å². The Hall–Kier alpha value is -1.66. The van der Waals surface area contributed by atoms with Crippen molar-refractivity contribution in [3.05, 3.63) is 33.9 Å². The third-order valence-electron chi connectivity index (χ3n) is 3.44. The van der Waals surface area contributed by atoms with E-state index in [0.717, 1.165) is 44.8 Å². The van der Waals surface area contributed by atoms with E-state index in [9.17, 15) is 10.1 Å². The fourth-order valence-corrected chi connectivity index (χ4v) is 2.31. The molecule has 1 N–H and O–H groups in total. The maximum Gasteiger partial charge on any atom is 0.311 e. The summed E-state index contributed by atoms with van der Waals surface area (Å²) in [6, 6.07) is 5.05. The maximum atomic E-state index is 11.0. The lowest BCUT2D eigenvalue weighted by Gasteiger charge is -2.23. The number of nitrogens with zero attached hydrogens (tertiary/aromatic N) is 1. The first-order valence-corrected chi connectivity index (χ1v) is 6.96. The zero-order valence-corrected chi connectivity index (χ0v) is 11.8. The molecular weight excluding hydrogens is 260 g/mol. The molecule has 0 unspecified atom stereocenters. The van der Waals surface area contributed by atoms with E-state index in [2.05, 4.69) is 0 Å². The molecular formula is C14H21N2O4+. The highest BCUT2D eigenvalue weighted by molar-refractivity contribution is 5.48. The van der Waals surface area contributed by atoms with E-state index in [-0.39, 0.29) is 5.69 Å². The average Bonchev–Trinajstić information content (AvgIpc) is 2.45. The van der Waals surface area contributed by atoms with Gasteiger partial charge in [0.15, 0.2) is 5.75 Å². The second kappa shape index (κ2) is 7.21. The summed E-state index contributed by atoms with van der Waals surface area (Å²) in [6.45, 7) is 7.06. The van der Waals surface area contributed by atoms with Gasteiger partial charge in [0.25, 0.3) is 0 Å². The van der Waals surface area contributed by atoms with Crippen LogP contribution in [0.15, 0.2) is 18.2 Å². The summed E-state index contributed by atoms with van der Waals surface area (Å²) >= 11 is 0. The van der Waals surface area contributed by atoms with Crippen LogP contribution in [0.1, 0.15) is 12.0 Å². The summed E-state index contributed by atoms with van der Waals surface area (Å²) in [7, 11) is 0. The molecule has 1 aliphatic rings. The molecule has 1 aliphatic heterocycles. The van der Waals surface area contributed by atoms with E-state index in [1.165, 1.54) is 4.90 Å². The van der Waals surface area contributed by atoms with Crippen LogP contribution >= 0.6 is 0 Å². The lowest BCUT2D eigenvalue weighted by atomic mass is 10.2. The van der Waals surface area contributed by atoms with Gasteiger partial charge in [-0.25, -0.2) is 0 Å². The number of quaternary nitrogens is 1. The van der Waals surface area contributed by atoms with Crippen LogP contribution in [0.3, 0.4) is 0 Å². The van der Waals surface area contributed by atoms with Gasteiger partial charge in [0, 0.05) is 12.5 Å². The fraction of sp³-hybridized carbons (Fsp3) is 0.571. The summed E-state index contributed by atoms with van der Waals surface area (Å²) in [4.78, 5) is 12.1. The van der Waals surface area contributed by atoms with Crippen LogP contribution in [0.4, 0.5) is 5.69 Å². The smallest absolute Gasteiger partial charge is 0.311 e. The van der Waals surface area contributed by atoms with E-state index in [4.69, 9.17) is 9.47 Å². The Bertz CT molecular complexity index is 458. The number of rotatable bonds is 6. The number of hydrogen-bond donors (Lipinski definition) is 1. The van der Waals surface area contributed by atoms with Gasteiger partial charge in [-0.1, -0.05) is 6.07 Å². The van der Waals surface area contributed by atoms with E-state index in [1.807, 2.05) is 13.0 Å². The Morgan fingerprint density at radius 1 is 1.40 bits per heavy atom. The van der Waals surface area contributed by atoms with Crippen molar-refractivity contribution in [3.8, 4) is 5.75 Å². The lowest BCUT2D eigenvalue weighted by Crippen LogP contribution is -3.14. The van der Waals surface area contributed by atoms with E-state index >= 15 is 0 Å². The Balaban J connectivity index is 1.80. The highest BCUT2D eigenvalue weighted by Crippen LogP contribution is 2.27. The molecule has 0 bridgehead atoms. The minimum absolute atomic E-state index is 0.0451. The fourth-order valence-electron chi connectivity index (χ4n) is 2.31. The molecule has 20 heavy (non-hydrogen) atoms. The van der Waals surface area contributed by atoms with Crippen molar-refractivity contribution in [2.24, 2.45) is 0 Å². The molecule has 6 heteroatoms. The topological polar surface area (TPSA) is 66.0 Å². The quantitative estimate of drug-likeness (QED) is 0.471. The molecule has 6 nitrogen and oxygen atoms in total. The van der Waals surface area contributed by atoms with Gasteiger partial charge >= 0.3 is 5.69 Å². The van der Waals surface area contributed by atoms with Crippen LogP contribution in [0.25, 0.3) is 0 Å². The highest BCUT2D eigenvalue weighted by atomic mass is 16.6. The van der Waals surface area contributed by atoms with Crippen molar-refractivity contribution in [1.82, 2.24) is 0 Å². The van der Waals surface area contributed by atoms with Gasteiger partial charge in [-0.05, 0) is 18.6 Å². The molecule has 1 heterocycles. The Morgan fingerprint density at radius 2 is 2.15 bits per heavy atom. The number of nitro groups is 1. The minimum Gasteiger partial charge on any atom is -0.487 e. The Labute approximate surface area is 118 Å². The van der Waals surface area contributed by atoms with Crippen LogP contribution in [0.5, 0.6) is 5.75 Å². The summed E-state index contributed by atoms with van der Waals surface area (Å²) in [6.07, 6.45) is 0.889. The van der Waals surface area contributed by atoms with Gasteiger partial charge in [-0.2, -0.15) is 0 Å². The van der Waals surface area contributed by atoms with Gasteiger partial charge in [0.2, 0.25) is 0 Å². The van der Waals surface area contributed by atoms with Crippen molar-refractivity contribution in [2.75, 3.05) is 39.5 Å². The van der Waals surface area contributed by atoms with Crippen LogP contribution in [-0.2, 0) is 4.74 Å². The number of nitrogens with one attached hydrogen (secondary N) is 1. The highest BCUT2D eigenvalue weighted by Gasteiger charge is 2.16. The predicted octanol–water partition coefficient (Wildman–Crippen LogP) is 0.587. The van der Waals surface area contributed by atoms with E-state index in [0.29, 0.717) is 12.4 Å². The van der Waals surface area contributed by atoms with Gasteiger partial charge in [0.1, 0.15) is 13.1 Å². The molecule has 0 aliphatic carbocycles. The Kier molecular flexibility index (Phi) is 5.31. The summed E-state index contributed by atoms with van der Waals surface area (Å²) in [5.74, 6) is 0.359. The normalized spacial score (nSPS) is 16.1. The summed E-state index contributed by atoms with van der Waals surface area (Å²) in [5.41, 5.74) is 0.908. The average molecular weight is 281 g/mol. The SMILES string of the molecule is Cc1ccc(OCCC[NH+]2CCOCC2)c([N+](=O)[O-])c1. The molecule has 0 aromatic heterocycles. The van der Waals surface area contributed by atoms with Gasteiger partial charge in [0.05, 0.1) is 31.3 Å². The molecule has 1 aromatic carbocycles. The van der Waals surface area contributed by atoms with Gasteiger partial charge < -0.3 is 14.4 Å². The van der Waals surface area contributed by atoms with Crippen molar-refractivity contribution in [1.29, 1.82) is 0 Å². The number of morpholine rings is 1. The molecule has 0 spiro atoms. The number of hydrogen-bond acceptors (Lipinski definition) is 4. The van der Waals surface area contributed by atoms with Gasteiger partial charge in [-0.3, -0.25) is 10.1 Å². The zero-order valence-electron chi connectivity index (χ0n) is 11.8. The van der Waals surface area contributed by atoms with Crippen molar-refractivity contribution >= 4 is 5.69 Å². The molecule has 1 aromatic rings. The van der Waals surface area contributed by atoms with Crippen molar-refractivity contribution in [2.45, 2.75) is 13.3 Å². The first kappa shape index (κ1) is 14.7. The third kappa shape index (κ3) is 4.18. The first-order chi connectivity index (χ1) is 9.66. The van der Waals surface area contributed by atoms with Crippen LogP contribution < -0.4 is 9.64 Å². The largest absolute Gasteiger partial charge is 0.487 e. The second-order valence-electron chi connectivity index (χ2n) is 5.04. The first-order valence-electron chi connectivity index (χ1n) is 6.96. The Morgan fingerprint density at radius 3 is 2.85 bits per heavy atom. The molecule has 1 fully saturated rings. The molecule has 0 radical (unpaired) electrons. The molecule has 0 saturated carbocycles. The summed E-state index contributed by atoms with van der Waals surface area (Å²) < 4.78 is 10.9.